The van der Waals surface area contributed by atoms with E-state index in [4.69, 9.17) is 10.0 Å². The SMILES string of the molecule is NCC1(CC2=NOSN2)CCCCC1. The maximum absolute atomic E-state index is 5.89. The number of hydrogen-bond acceptors (Lipinski definition) is 5. The maximum Gasteiger partial charge on any atom is 0.208 e. The van der Waals surface area contributed by atoms with Gasteiger partial charge in [-0.15, -0.1) is 0 Å². The van der Waals surface area contributed by atoms with Gasteiger partial charge in [0.2, 0.25) is 12.2 Å². The van der Waals surface area contributed by atoms with E-state index in [1.165, 1.54) is 44.3 Å². The quantitative estimate of drug-likeness (QED) is 0.556. The predicted octanol–water partition coefficient (Wildman–Crippen LogP) is 1.78. The first kappa shape index (κ1) is 10.1. The number of nitrogens with two attached hydrogens (primary N) is 1. The minimum absolute atomic E-state index is 0.276. The lowest BCUT2D eigenvalue weighted by Crippen LogP contribution is -2.36. The molecule has 0 amide bonds. The lowest BCUT2D eigenvalue weighted by molar-refractivity contribution is 0.206. The zero-order valence-electron chi connectivity index (χ0n) is 8.29. The van der Waals surface area contributed by atoms with E-state index in [1.54, 1.807) is 0 Å². The molecule has 0 aromatic carbocycles. The average Bonchev–Trinajstić information content (AvgIpc) is 2.72. The van der Waals surface area contributed by atoms with Gasteiger partial charge in [-0.1, -0.05) is 24.4 Å². The van der Waals surface area contributed by atoms with E-state index in [1.807, 2.05) is 0 Å². The summed E-state index contributed by atoms with van der Waals surface area (Å²) in [5.41, 5.74) is 6.16. The molecule has 0 atom stereocenters. The molecule has 1 aliphatic heterocycles. The van der Waals surface area contributed by atoms with E-state index in [9.17, 15) is 0 Å². The number of oxime groups is 1. The summed E-state index contributed by atoms with van der Waals surface area (Å²) in [6, 6.07) is 0. The third kappa shape index (κ3) is 2.15. The molecule has 0 aromatic heterocycles. The van der Waals surface area contributed by atoms with Gasteiger partial charge in [0.1, 0.15) is 0 Å². The molecule has 2 aliphatic rings. The number of nitrogens with one attached hydrogen (secondary N) is 1. The van der Waals surface area contributed by atoms with Crippen LogP contribution in [-0.4, -0.2) is 12.4 Å². The molecule has 0 saturated heterocycles. The van der Waals surface area contributed by atoms with Gasteiger partial charge in [-0.2, -0.15) is 0 Å². The topological polar surface area (TPSA) is 59.6 Å². The zero-order valence-corrected chi connectivity index (χ0v) is 9.11. The fourth-order valence-electron chi connectivity index (χ4n) is 2.33. The van der Waals surface area contributed by atoms with Gasteiger partial charge in [0.25, 0.3) is 0 Å². The Morgan fingerprint density at radius 1 is 1.43 bits per heavy atom. The minimum Gasteiger partial charge on any atom is -0.330 e. The molecule has 0 spiro atoms. The van der Waals surface area contributed by atoms with Crippen molar-refractivity contribution in [2.45, 2.75) is 38.5 Å². The van der Waals surface area contributed by atoms with Crippen LogP contribution >= 0.6 is 12.2 Å². The van der Waals surface area contributed by atoms with Crippen molar-refractivity contribution in [2.75, 3.05) is 6.54 Å². The fourth-order valence-corrected chi connectivity index (χ4v) is 2.70. The molecule has 5 heteroatoms. The Bertz CT molecular complexity index is 226. The van der Waals surface area contributed by atoms with Crippen molar-refractivity contribution in [3.63, 3.8) is 0 Å². The van der Waals surface area contributed by atoms with Crippen LogP contribution in [0.2, 0.25) is 0 Å². The van der Waals surface area contributed by atoms with Crippen LogP contribution in [0.5, 0.6) is 0 Å². The van der Waals surface area contributed by atoms with E-state index in [0.717, 1.165) is 18.8 Å². The summed E-state index contributed by atoms with van der Waals surface area (Å²) in [5.74, 6) is 0.947. The van der Waals surface area contributed by atoms with Crippen molar-refractivity contribution in [1.29, 1.82) is 0 Å². The minimum atomic E-state index is 0.276. The van der Waals surface area contributed by atoms with E-state index < -0.39 is 0 Å². The molecule has 2 rings (SSSR count). The summed E-state index contributed by atoms with van der Waals surface area (Å²) >= 11 is 1.19. The van der Waals surface area contributed by atoms with Crippen LogP contribution in [0, 0.1) is 5.41 Å². The van der Waals surface area contributed by atoms with Crippen LogP contribution in [0.3, 0.4) is 0 Å². The molecule has 1 fully saturated rings. The Labute approximate surface area is 89.0 Å². The van der Waals surface area contributed by atoms with Gasteiger partial charge < -0.3 is 5.73 Å². The molecule has 14 heavy (non-hydrogen) atoms. The highest BCUT2D eigenvalue weighted by Gasteiger charge is 2.33. The van der Waals surface area contributed by atoms with Crippen molar-refractivity contribution >= 4 is 18.1 Å². The third-order valence-electron chi connectivity index (χ3n) is 3.23. The molecule has 3 N–H and O–H groups in total. The lowest BCUT2D eigenvalue weighted by atomic mass is 9.71. The van der Waals surface area contributed by atoms with Crippen molar-refractivity contribution in [1.82, 2.24) is 4.72 Å². The summed E-state index contributed by atoms with van der Waals surface area (Å²) in [6.07, 6.45) is 7.37. The molecular formula is C9H17N3OS. The van der Waals surface area contributed by atoms with Crippen LogP contribution < -0.4 is 10.5 Å². The monoisotopic (exact) mass is 215 g/mol. The maximum atomic E-state index is 5.89. The van der Waals surface area contributed by atoms with Crippen LogP contribution in [0.1, 0.15) is 38.5 Å². The Kier molecular flexibility index (Phi) is 3.18. The Hall–Kier alpha value is -0.420. The molecule has 0 aromatic rings. The Balaban J connectivity index is 1.96. The summed E-state index contributed by atoms with van der Waals surface area (Å²) in [7, 11) is 0. The highest BCUT2D eigenvalue weighted by atomic mass is 32.2. The largest absolute Gasteiger partial charge is 0.330 e. The van der Waals surface area contributed by atoms with Gasteiger partial charge in [-0.25, -0.2) is 0 Å². The molecule has 0 radical (unpaired) electrons. The number of amidine groups is 1. The van der Waals surface area contributed by atoms with Crippen molar-refractivity contribution in [3.8, 4) is 0 Å². The first-order valence-electron chi connectivity index (χ1n) is 5.20. The molecule has 0 bridgehead atoms. The van der Waals surface area contributed by atoms with Crippen LogP contribution in [0.25, 0.3) is 0 Å². The number of rotatable bonds is 3. The van der Waals surface area contributed by atoms with Gasteiger partial charge >= 0.3 is 0 Å². The number of hydrogen-bond donors (Lipinski definition) is 2. The summed E-state index contributed by atoms with van der Waals surface area (Å²) in [6.45, 7) is 0.762. The van der Waals surface area contributed by atoms with Crippen molar-refractivity contribution in [3.05, 3.63) is 0 Å². The van der Waals surface area contributed by atoms with Gasteiger partial charge in [-0.05, 0) is 24.8 Å². The smallest absolute Gasteiger partial charge is 0.208 e. The zero-order chi connectivity index (χ0) is 9.86. The second-order valence-electron chi connectivity index (χ2n) is 4.24. The molecule has 1 saturated carbocycles. The Morgan fingerprint density at radius 2 is 2.21 bits per heavy atom. The molecule has 80 valence electrons. The Morgan fingerprint density at radius 3 is 2.79 bits per heavy atom. The summed E-state index contributed by atoms with van der Waals surface area (Å²) in [5, 5.41) is 3.94. The third-order valence-corrected chi connectivity index (χ3v) is 3.70. The second kappa shape index (κ2) is 4.40. The van der Waals surface area contributed by atoms with E-state index in [2.05, 4.69) is 9.88 Å². The summed E-state index contributed by atoms with van der Waals surface area (Å²) < 4.78 is 7.89. The first-order valence-corrected chi connectivity index (χ1v) is 5.94. The second-order valence-corrected chi connectivity index (χ2v) is 4.76. The highest BCUT2D eigenvalue weighted by molar-refractivity contribution is 7.93. The van der Waals surface area contributed by atoms with E-state index >= 15 is 0 Å². The number of nitrogens with zero attached hydrogens (tertiary/aromatic N) is 1. The van der Waals surface area contributed by atoms with E-state index in [0.29, 0.717) is 0 Å². The summed E-state index contributed by atoms with van der Waals surface area (Å²) in [4.78, 5) is 0. The first-order chi connectivity index (χ1) is 6.85. The molecule has 4 nitrogen and oxygen atoms in total. The van der Waals surface area contributed by atoms with Crippen molar-refractivity contribution in [2.24, 2.45) is 16.3 Å². The normalized spacial score (nSPS) is 25.1. The standard InChI is InChI=1S/C9H17N3OS/c10-7-9(4-2-1-3-5-9)6-8-11-13-14-12-8/h1-7,10H2,(H,11,12). The van der Waals surface area contributed by atoms with Crippen LogP contribution in [0.15, 0.2) is 5.16 Å². The molecule has 1 heterocycles. The average molecular weight is 215 g/mol. The fraction of sp³-hybridized carbons (Fsp3) is 0.889. The van der Waals surface area contributed by atoms with Gasteiger partial charge in [0.05, 0.1) is 0 Å². The van der Waals surface area contributed by atoms with Crippen LogP contribution in [0.4, 0.5) is 0 Å². The van der Waals surface area contributed by atoms with Gasteiger partial charge in [0.15, 0.2) is 5.84 Å². The molecule has 1 aliphatic carbocycles. The van der Waals surface area contributed by atoms with Crippen LogP contribution in [-0.2, 0) is 4.28 Å². The highest BCUT2D eigenvalue weighted by Crippen LogP contribution is 2.39. The van der Waals surface area contributed by atoms with Gasteiger partial charge in [-0.3, -0.25) is 9.01 Å². The van der Waals surface area contributed by atoms with Gasteiger partial charge in [0, 0.05) is 6.42 Å². The predicted molar refractivity (Wildman–Crippen MR) is 58.4 cm³/mol. The van der Waals surface area contributed by atoms with E-state index in [-0.39, 0.29) is 5.41 Å². The lowest BCUT2D eigenvalue weighted by Gasteiger charge is -2.35. The van der Waals surface area contributed by atoms with Crippen molar-refractivity contribution < 1.29 is 4.28 Å². The molecule has 0 unspecified atom stereocenters. The molecular weight excluding hydrogens is 198 g/mol.